The molecule has 29 heavy (non-hydrogen) atoms. The molecule has 156 valence electrons. The maximum atomic E-state index is 12.5. The number of nitrogens with two attached hydrogens (primary N) is 1. The number of nitrogens with one attached hydrogen (secondary N) is 1. The zero-order chi connectivity index (χ0) is 21.6. The van der Waals surface area contributed by atoms with Gasteiger partial charge in [0.15, 0.2) is 6.61 Å². The summed E-state index contributed by atoms with van der Waals surface area (Å²) in [6.07, 6.45) is 0. The number of rotatable bonds is 8. The lowest BCUT2D eigenvalue weighted by Gasteiger charge is -2.18. The van der Waals surface area contributed by atoms with Crippen LogP contribution < -0.4 is 11.1 Å². The van der Waals surface area contributed by atoms with Crippen molar-refractivity contribution in [2.75, 3.05) is 30.7 Å². The molecule has 0 saturated heterocycles. The van der Waals surface area contributed by atoms with Crippen LogP contribution in [0, 0.1) is 0 Å². The maximum Gasteiger partial charge on any atom is 0.340 e. The number of ether oxygens (including phenoxy) is 1. The number of nitrogen functional groups attached to an aromatic ring is 1. The molecular formula is C19H22BrN3O5S. The smallest absolute Gasteiger partial charge is 0.340 e. The molecule has 0 spiro atoms. The molecule has 0 atom stereocenters. The maximum absolute atomic E-state index is 12.5. The van der Waals surface area contributed by atoms with E-state index in [-0.39, 0.29) is 16.1 Å². The average Bonchev–Trinajstić information content (AvgIpc) is 2.69. The van der Waals surface area contributed by atoms with E-state index in [1.54, 1.807) is 26.0 Å². The van der Waals surface area contributed by atoms with E-state index >= 15 is 0 Å². The van der Waals surface area contributed by atoms with Crippen LogP contribution in [0.4, 0.5) is 11.4 Å². The normalized spacial score (nSPS) is 11.3. The highest BCUT2D eigenvalue weighted by molar-refractivity contribution is 9.10. The second-order valence-electron chi connectivity index (χ2n) is 5.97. The Morgan fingerprint density at radius 1 is 1.10 bits per heavy atom. The van der Waals surface area contributed by atoms with Gasteiger partial charge >= 0.3 is 5.97 Å². The molecule has 0 aromatic heterocycles. The van der Waals surface area contributed by atoms with Gasteiger partial charge in [-0.3, -0.25) is 4.79 Å². The summed E-state index contributed by atoms with van der Waals surface area (Å²) >= 11 is 3.24. The predicted octanol–water partition coefficient (Wildman–Crippen LogP) is 2.86. The van der Waals surface area contributed by atoms with Gasteiger partial charge in [-0.1, -0.05) is 29.8 Å². The van der Waals surface area contributed by atoms with Crippen molar-refractivity contribution in [2.45, 2.75) is 18.7 Å². The van der Waals surface area contributed by atoms with Crippen molar-refractivity contribution in [2.24, 2.45) is 0 Å². The molecule has 2 aromatic rings. The van der Waals surface area contributed by atoms with Crippen LogP contribution in [-0.2, 0) is 19.6 Å². The van der Waals surface area contributed by atoms with E-state index in [0.29, 0.717) is 23.2 Å². The van der Waals surface area contributed by atoms with Gasteiger partial charge in [-0.2, -0.15) is 4.31 Å². The molecule has 10 heteroatoms. The van der Waals surface area contributed by atoms with Crippen LogP contribution in [0.5, 0.6) is 0 Å². The fourth-order valence-corrected chi connectivity index (χ4v) is 4.35. The number of benzene rings is 2. The molecule has 2 aromatic carbocycles. The predicted molar refractivity (Wildman–Crippen MR) is 114 cm³/mol. The van der Waals surface area contributed by atoms with Gasteiger partial charge in [0.2, 0.25) is 10.0 Å². The fourth-order valence-electron chi connectivity index (χ4n) is 2.53. The summed E-state index contributed by atoms with van der Waals surface area (Å²) in [5.74, 6) is -1.29. The first kappa shape index (κ1) is 22.9. The first-order chi connectivity index (χ1) is 13.7. The molecule has 0 unspecified atom stereocenters. The highest BCUT2D eigenvalue weighted by atomic mass is 79.9. The fraction of sp³-hybridized carbons (Fsp3) is 0.263. The second kappa shape index (κ2) is 9.86. The minimum atomic E-state index is -3.57. The van der Waals surface area contributed by atoms with Crippen molar-refractivity contribution in [1.29, 1.82) is 0 Å². The largest absolute Gasteiger partial charge is 0.452 e. The standard InChI is InChI=1S/C19H22BrN3O5S/c1-3-23(4-2)29(26,27)15-8-6-14(7-9-15)22-18(24)12-28-19(25)16-11-13(20)5-10-17(16)21/h5-11H,3-4,12,21H2,1-2H3,(H,22,24). The van der Waals surface area contributed by atoms with Gasteiger partial charge in [0, 0.05) is 28.9 Å². The third kappa shape index (κ3) is 5.78. The summed E-state index contributed by atoms with van der Waals surface area (Å²) in [7, 11) is -3.57. The van der Waals surface area contributed by atoms with Crippen molar-refractivity contribution in [3.8, 4) is 0 Å². The highest BCUT2D eigenvalue weighted by Crippen LogP contribution is 2.20. The molecule has 2 rings (SSSR count). The number of carbonyl (C=O) groups excluding carboxylic acids is 2. The van der Waals surface area contributed by atoms with E-state index in [9.17, 15) is 18.0 Å². The highest BCUT2D eigenvalue weighted by Gasteiger charge is 2.21. The van der Waals surface area contributed by atoms with Crippen molar-refractivity contribution in [3.63, 3.8) is 0 Å². The quantitative estimate of drug-likeness (QED) is 0.440. The van der Waals surface area contributed by atoms with E-state index in [4.69, 9.17) is 10.5 Å². The number of halogens is 1. The lowest BCUT2D eigenvalue weighted by atomic mass is 10.2. The Hall–Kier alpha value is -2.43. The summed E-state index contributed by atoms with van der Waals surface area (Å²) in [4.78, 5) is 24.2. The summed E-state index contributed by atoms with van der Waals surface area (Å²) in [6, 6.07) is 10.5. The van der Waals surface area contributed by atoms with Crippen molar-refractivity contribution >= 4 is 49.2 Å². The molecule has 0 heterocycles. The molecule has 0 bridgehead atoms. The number of anilines is 2. The first-order valence-electron chi connectivity index (χ1n) is 8.81. The van der Waals surface area contributed by atoms with Gasteiger partial charge in [-0.25, -0.2) is 13.2 Å². The second-order valence-corrected chi connectivity index (χ2v) is 8.82. The Labute approximate surface area is 178 Å². The Bertz CT molecular complexity index is 989. The molecule has 0 radical (unpaired) electrons. The third-order valence-electron chi connectivity index (χ3n) is 4.05. The summed E-state index contributed by atoms with van der Waals surface area (Å²) in [6.45, 7) is 3.75. The average molecular weight is 484 g/mol. The SMILES string of the molecule is CCN(CC)S(=O)(=O)c1ccc(NC(=O)COC(=O)c2cc(Br)ccc2N)cc1. The molecule has 0 saturated carbocycles. The number of nitrogens with zero attached hydrogens (tertiary/aromatic N) is 1. The van der Waals surface area contributed by atoms with E-state index < -0.39 is 28.5 Å². The third-order valence-corrected chi connectivity index (χ3v) is 6.61. The Morgan fingerprint density at radius 3 is 2.31 bits per heavy atom. The summed E-state index contributed by atoms with van der Waals surface area (Å²) in [5.41, 5.74) is 6.51. The number of esters is 1. The van der Waals surface area contributed by atoms with E-state index in [1.165, 1.54) is 34.6 Å². The lowest BCUT2D eigenvalue weighted by molar-refractivity contribution is -0.119. The minimum Gasteiger partial charge on any atom is -0.452 e. The molecule has 8 nitrogen and oxygen atoms in total. The van der Waals surface area contributed by atoms with E-state index in [1.807, 2.05) is 0 Å². The summed E-state index contributed by atoms with van der Waals surface area (Å²) < 4.78 is 31.9. The minimum absolute atomic E-state index is 0.135. The van der Waals surface area contributed by atoms with Crippen LogP contribution in [0.3, 0.4) is 0 Å². The van der Waals surface area contributed by atoms with Gasteiger partial charge in [-0.15, -0.1) is 0 Å². The Balaban J connectivity index is 1.97. The molecule has 1 amide bonds. The molecular weight excluding hydrogens is 462 g/mol. The van der Waals surface area contributed by atoms with Crippen LogP contribution >= 0.6 is 15.9 Å². The molecule has 0 aliphatic rings. The molecule has 3 N–H and O–H groups in total. The zero-order valence-corrected chi connectivity index (χ0v) is 18.4. The van der Waals surface area contributed by atoms with Gasteiger partial charge in [0.05, 0.1) is 10.5 Å². The van der Waals surface area contributed by atoms with E-state index in [2.05, 4.69) is 21.2 Å². The molecule has 0 fully saturated rings. The van der Waals surface area contributed by atoms with Crippen molar-refractivity contribution in [1.82, 2.24) is 4.31 Å². The van der Waals surface area contributed by atoms with Crippen molar-refractivity contribution in [3.05, 3.63) is 52.5 Å². The van der Waals surface area contributed by atoms with Crippen LogP contribution in [0.1, 0.15) is 24.2 Å². The number of sulfonamides is 1. The van der Waals surface area contributed by atoms with Crippen LogP contribution in [0.15, 0.2) is 51.8 Å². The van der Waals surface area contributed by atoms with Crippen LogP contribution in [-0.4, -0.2) is 44.3 Å². The van der Waals surface area contributed by atoms with Gasteiger partial charge in [0.25, 0.3) is 5.91 Å². The topological polar surface area (TPSA) is 119 Å². The Kier molecular flexibility index (Phi) is 7.77. The number of hydrogen-bond acceptors (Lipinski definition) is 6. The summed E-state index contributed by atoms with van der Waals surface area (Å²) in [5, 5.41) is 2.55. The van der Waals surface area contributed by atoms with Crippen LogP contribution in [0.2, 0.25) is 0 Å². The zero-order valence-electron chi connectivity index (χ0n) is 16.0. The molecule has 0 aliphatic heterocycles. The number of hydrogen-bond donors (Lipinski definition) is 2. The first-order valence-corrected chi connectivity index (χ1v) is 11.0. The van der Waals surface area contributed by atoms with Crippen molar-refractivity contribution < 1.29 is 22.7 Å². The van der Waals surface area contributed by atoms with E-state index in [0.717, 1.165) is 0 Å². The number of amides is 1. The Morgan fingerprint density at radius 2 is 1.72 bits per heavy atom. The lowest BCUT2D eigenvalue weighted by Crippen LogP contribution is -2.30. The number of carbonyl (C=O) groups is 2. The van der Waals surface area contributed by atoms with Gasteiger partial charge in [0.1, 0.15) is 0 Å². The monoisotopic (exact) mass is 483 g/mol. The van der Waals surface area contributed by atoms with Crippen LogP contribution in [0.25, 0.3) is 0 Å². The van der Waals surface area contributed by atoms with Gasteiger partial charge in [-0.05, 0) is 42.5 Å². The van der Waals surface area contributed by atoms with Gasteiger partial charge < -0.3 is 15.8 Å². The molecule has 0 aliphatic carbocycles.